The average Bonchev–Trinajstić information content (AvgIpc) is 2.75. The normalized spacial score (nSPS) is 11.5. The van der Waals surface area contributed by atoms with Gasteiger partial charge in [0.05, 0.1) is 0 Å². The van der Waals surface area contributed by atoms with Gasteiger partial charge in [0.2, 0.25) is 5.65 Å². The van der Waals surface area contributed by atoms with Crippen molar-refractivity contribution in [3.05, 3.63) is 62.6 Å². The van der Waals surface area contributed by atoms with Crippen molar-refractivity contribution < 1.29 is 0 Å². The second-order valence-corrected chi connectivity index (χ2v) is 6.37. The molecule has 0 aliphatic heterocycles. The topological polar surface area (TPSA) is 61.3 Å². The van der Waals surface area contributed by atoms with Crippen LogP contribution in [0.2, 0.25) is 0 Å². The van der Waals surface area contributed by atoms with Crippen molar-refractivity contribution in [3.63, 3.8) is 0 Å². The minimum Gasteiger partial charge on any atom is -0.280 e. The van der Waals surface area contributed by atoms with E-state index in [0.717, 1.165) is 16.8 Å². The van der Waals surface area contributed by atoms with E-state index >= 15 is 0 Å². The first-order valence-corrected chi connectivity index (χ1v) is 7.66. The van der Waals surface area contributed by atoms with Crippen LogP contribution >= 0.6 is 0 Å². The molecule has 3 aromatic rings. The fourth-order valence-electron chi connectivity index (χ4n) is 2.77. The Morgan fingerprint density at radius 3 is 2.30 bits per heavy atom. The molecule has 0 unspecified atom stereocenters. The fraction of sp³-hybridized carbons (Fsp3) is 0.353. The molecule has 2 heterocycles. The third-order valence-electron chi connectivity index (χ3n) is 3.67. The zero-order valence-corrected chi connectivity index (χ0v) is 13.8. The molecule has 0 N–H and O–H groups in total. The second-order valence-electron chi connectivity index (χ2n) is 6.37. The van der Waals surface area contributed by atoms with Crippen molar-refractivity contribution >= 4 is 5.65 Å². The Kier molecular flexibility index (Phi) is 3.67. The Bertz CT molecular complexity index is 972. The molecule has 6 heteroatoms. The average molecular weight is 312 g/mol. The van der Waals surface area contributed by atoms with Crippen LogP contribution in [-0.4, -0.2) is 18.7 Å². The third kappa shape index (κ3) is 2.72. The highest BCUT2D eigenvalue weighted by molar-refractivity contribution is 5.43. The van der Waals surface area contributed by atoms with Gasteiger partial charge in [0.25, 0.3) is 0 Å². The van der Waals surface area contributed by atoms with Crippen molar-refractivity contribution in [1.29, 1.82) is 0 Å². The van der Waals surface area contributed by atoms with Gasteiger partial charge in [-0.05, 0) is 43.0 Å². The molecule has 6 nitrogen and oxygen atoms in total. The van der Waals surface area contributed by atoms with Gasteiger partial charge in [-0.2, -0.15) is 0 Å². The van der Waals surface area contributed by atoms with Crippen molar-refractivity contribution in [1.82, 2.24) is 18.7 Å². The zero-order valence-electron chi connectivity index (χ0n) is 13.8. The van der Waals surface area contributed by atoms with Gasteiger partial charge in [-0.1, -0.05) is 19.9 Å². The van der Waals surface area contributed by atoms with Gasteiger partial charge in [-0.25, -0.2) is 13.9 Å². The predicted octanol–water partition coefficient (Wildman–Crippen LogP) is 1.92. The van der Waals surface area contributed by atoms with Crippen molar-refractivity contribution in [2.45, 2.75) is 34.2 Å². The summed E-state index contributed by atoms with van der Waals surface area (Å²) in [7, 11) is 0. The summed E-state index contributed by atoms with van der Waals surface area (Å²) < 4.78 is 4.19. The molecule has 0 amide bonds. The number of hydrogen-bond donors (Lipinski definition) is 0. The van der Waals surface area contributed by atoms with Gasteiger partial charge in [-0.15, -0.1) is 5.10 Å². The van der Waals surface area contributed by atoms with Gasteiger partial charge in [0, 0.05) is 24.6 Å². The van der Waals surface area contributed by atoms with E-state index in [0.29, 0.717) is 6.54 Å². The van der Waals surface area contributed by atoms with Crippen LogP contribution in [0.3, 0.4) is 0 Å². The molecule has 2 aromatic heterocycles. The van der Waals surface area contributed by atoms with Crippen LogP contribution in [0, 0.1) is 19.8 Å². The maximum Gasteiger partial charge on any atom is 0.350 e. The molecule has 0 aliphatic rings. The summed E-state index contributed by atoms with van der Waals surface area (Å²) in [5, 5.41) is 4.22. The molecule has 0 radical (unpaired) electrons. The number of rotatable bonds is 3. The number of nitrogens with zero attached hydrogens (tertiary/aromatic N) is 4. The number of benzene rings is 1. The molecule has 0 aliphatic carbocycles. The molecule has 0 saturated heterocycles. The van der Waals surface area contributed by atoms with Crippen molar-refractivity contribution in [2.75, 3.05) is 0 Å². The first-order valence-electron chi connectivity index (χ1n) is 7.66. The van der Waals surface area contributed by atoms with Crippen molar-refractivity contribution in [3.8, 4) is 5.69 Å². The summed E-state index contributed by atoms with van der Waals surface area (Å²) in [5.74, 6) is 0.277. The summed E-state index contributed by atoms with van der Waals surface area (Å²) in [6.07, 6.45) is 3.22. The van der Waals surface area contributed by atoms with Crippen LogP contribution in [-0.2, 0) is 6.54 Å². The van der Waals surface area contributed by atoms with Gasteiger partial charge < -0.3 is 0 Å². The summed E-state index contributed by atoms with van der Waals surface area (Å²) in [6, 6.07) is 5.93. The van der Waals surface area contributed by atoms with Gasteiger partial charge in [0.1, 0.15) is 0 Å². The summed E-state index contributed by atoms with van der Waals surface area (Å²) >= 11 is 0. The second kappa shape index (κ2) is 5.53. The van der Waals surface area contributed by atoms with Crippen LogP contribution in [0.4, 0.5) is 0 Å². The Morgan fingerprint density at radius 1 is 1.04 bits per heavy atom. The molecule has 120 valence electrons. The third-order valence-corrected chi connectivity index (χ3v) is 3.67. The lowest BCUT2D eigenvalue weighted by molar-refractivity contribution is 0.471. The Hall–Kier alpha value is -2.63. The summed E-state index contributed by atoms with van der Waals surface area (Å²) in [6.45, 7) is 8.47. The summed E-state index contributed by atoms with van der Waals surface area (Å²) in [4.78, 5) is 25.0. The number of hydrogen-bond acceptors (Lipinski definition) is 3. The molecule has 1 aromatic carbocycles. The van der Waals surface area contributed by atoms with Crippen LogP contribution in [0.25, 0.3) is 11.3 Å². The van der Waals surface area contributed by atoms with Crippen molar-refractivity contribution in [2.24, 2.45) is 5.92 Å². The Balaban J connectivity index is 2.23. The first-order chi connectivity index (χ1) is 10.9. The van der Waals surface area contributed by atoms with E-state index in [1.807, 2.05) is 39.8 Å². The molecule has 0 spiro atoms. The van der Waals surface area contributed by atoms with Crippen LogP contribution in [0.15, 0.2) is 40.2 Å². The minimum atomic E-state index is -0.294. The maximum atomic E-state index is 12.7. The Morgan fingerprint density at radius 2 is 1.70 bits per heavy atom. The first kappa shape index (κ1) is 15.3. The molecule has 0 atom stereocenters. The molecule has 0 fully saturated rings. The predicted molar refractivity (Wildman–Crippen MR) is 89.4 cm³/mol. The highest BCUT2D eigenvalue weighted by atomic mass is 16.2. The van der Waals surface area contributed by atoms with E-state index in [1.165, 1.54) is 13.6 Å². The standard InChI is InChI=1S/C17H20N4O2/c1-11(2)10-21-17(23)20-6-5-19(16(22)15(20)18-21)14-8-12(3)7-13(4)9-14/h5-9,11H,10H2,1-4H3. The number of fused-ring (bicyclic) bond motifs is 1. The quantitative estimate of drug-likeness (QED) is 0.742. The number of aryl methyl sites for hydroxylation is 2. The number of aromatic nitrogens is 4. The molecule has 0 bridgehead atoms. The SMILES string of the molecule is Cc1cc(C)cc(-n2ccn3c(=O)n(CC(C)C)nc3c2=O)c1. The van der Waals surface area contributed by atoms with Crippen LogP contribution < -0.4 is 11.2 Å². The zero-order chi connectivity index (χ0) is 16.7. The lowest BCUT2D eigenvalue weighted by Crippen LogP contribution is -2.25. The van der Waals surface area contributed by atoms with E-state index in [9.17, 15) is 9.59 Å². The maximum absolute atomic E-state index is 12.7. The molecular weight excluding hydrogens is 292 g/mol. The van der Waals surface area contributed by atoms with Gasteiger partial charge in [-0.3, -0.25) is 9.36 Å². The largest absolute Gasteiger partial charge is 0.350 e. The van der Waals surface area contributed by atoms with E-state index in [4.69, 9.17) is 0 Å². The highest BCUT2D eigenvalue weighted by Crippen LogP contribution is 2.12. The minimum absolute atomic E-state index is 0.150. The van der Waals surface area contributed by atoms with E-state index in [1.54, 1.807) is 12.4 Å². The monoisotopic (exact) mass is 312 g/mol. The molecular formula is C17H20N4O2. The van der Waals surface area contributed by atoms with Gasteiger partial charge in [0.15, 0.2) is 0 Å². The van der Waals surface area contributed by atoms with Gasteiger partial charge >= 0.3 is 11.2 Å². The van der Waals surface area contributed by atoms with E-state index < -0.39 is 0 Å². The fourth-order valence-corrected chi connectivity index (χ4v) is 2.77. The smallest absolute Gasteiger partial charge is 0.280 e. The van der Waals surface area contributed by atoms with Crippen LogP contribution in [0.5, 0.6) is 0 Å². The molecule has 3 rings (SSSR count). The van der Waals surface area contributed by atoms with E-state index in [2.05, 4.69) is 11.2 Å². The Labute approximate surface area is 133 Å². The van der Waals surface area contributed by atoms with E-state index in [-0.39, 0.29) is 22.8 Å². The lowest BCUT2D eigenvalue weighted by atomic mass is 10.1. The highest BCUT2D eigenvalue weighted by Gasteiger charge is 2.13. The van der Waals surface area contributed by atoms with Crippen LogP contribution in [0.1, 0.15) is 25.0 Å². The lowest BCUT2D eigenvalue weighted by Gasteiger charge is -2.07. The summed E-state index contributed by atoms with van der Waals surface area (Å²) in [5.41, 5.74) is 2.51. The molecule has 23 heavy (non-hydrogen) atoms. The molecule has 0 saturated carbocycles.